The third kappa shape index (κ3) is 6.21. The van der Waals surface area contributed by atoms with Gasteiger partial charge in [-0.05, 0) is 49.6 Å². The van der Waals surface area contributed by atoms with Gasteiger partial charge in [-0.3, -0.25) is 9.59 Å². The highest BCUT2D eigenvalue weighted by molar-refractivity contribution is 6.14. The number of nitrogens with one attached hydrogen (secondary N) is 1. The van der Waals surface area contributed by atoms with Crippen LogP contribution >= 0.6 is 0 Å². The van der Waals surface area contributed by atoms with Gasteiger partial charge in [0.05, 0.1) is 25.1 Å². The molecule has 2 amide bonds. The van der Waals surface area contributed by atoms with Gasteiger partial charge in [-0.2, -0.15) is 14.6 Å². The molecule has 9 nitrogen and oxygen atoms in total. The molecule has 2 aliphatic rings. The van der Waals surface area contributed by atoms with Crippen LogP contribution in [0.2, 0.25) is 0 Å². The van der Waals surface area contributed by atoms with Crippen molar-refractivity contribution in [2.24, 2.45) is 22.0 Å². The summed E-state index contributed by atoms with van der Waals surface area (Å²) in [6.07, 6.45) is 2.33. The van der Waals surface area contributed by atoms with Crippen LogP contribution < -0.4 is 14.9 Å². The van der Waals surface area contributed by atoms with Crippen molar-refractivity contribution in [2.45, 2.75) is 52.9 Å². The number of hydrogen-bond acceptors (Lipinski definition) is 7. The van der Waals surface area contributed by atoms with Gasteiger partial charge in [0.2, 0.25) is 17.6 Å². The minimum absolute atomic E-state index is 0.00456. The number of hydrogen-bond donors (Lipinski definition) is 1. The van der Waals surface area contributed by atoms with E-state index in [9.17, 15) is 18.4 Å². The molecule has 0 saturated heterocycles. The molecule has 0 bridgehead atoms. The standard InChI is InChI=1S/C32H35F2N5O4/c1-5-20-8-9-22-21(10-13-25(42-4)32(22)35-20)31-19(3)17-27(41)39(38-31)14-6-7-15-43-24-12-11-23(28(33)29(24)34)30-18(2)16-26(40)36-37-30/h8-13,18-19H,5-7,14-17H2,1-4H3,(H,36,40). The largest absolute Gasteiger partial charge is 0.494 e. The molecule has 11 heteroatoms. The van der Waals surface area contributed by atoms with Crippen molar-refractivity contribution >= 4 is 34.1 Å². The number of fused-ring (bicyclic) bond motifs is 1. The smallest absolute Gasteiger partial charge is 0.243 e. The number of carbonyl (C=O) groups is 2. The molecule has 0 aliphatic carbocycles. The predicted octanol–water partition coefficient (Wildman–Crippen LogP) is 5.38. The number of aryl methyl sites for hydroxylation is 1. The van der Waals surface area contributed by atoms with Gasteiger partial charge in [0, 0.05) is 53.4 Å². The fourth-order valence-corrected chi connectivity index (χ4v) is 5.43. The van der Waals surface area contributed by atoms with Crippen molar-refractivity contribution in [1.82, 2.24) is 15.4 Å². The summed E-state index contributed by atoms with van der Waals surface area (Å²) < 4.78 is 40.7. The number of ether oxygens (including phenoxy) is 2. The molecule has 2 atom stereocenters. The SMILES string of the molecule is CCc1ccc2c(C3=NN(CCCCOc4ccc(C5=NNC(=O)CC5C)c(F)c4F)C(=O)CC3C)ccc(OC)c2n1. The Morgan fingerprint density at radius 2 is 1.67 bits per heavy atom. The van der Waals surface area contributed by atoms with E-state index in [-0.39, 0.29) is 53.7 Å². The van der Waals surface area contributed by atoms with Gasteiger partial charge in [-0.25, -0.2) is 19.8 Å². The van der Waals surface area contributed by atoms with Gasteiger partial charge >= 0.3 is 0 Å². The predicted molar refractivity (Wildman–Crippen MR) is 159 cm³/mol. The zero-order valence-electron chi connectivity index (χ0n) is 24.7. The quantitative estimate of drug-likeness (QED) is 0.319. The molecule has 43 heavy (non-hydrogen) atoms. The molecule has 226 valence electrons. The van der Waals surface area contributed by atoms with Crippen LogP contribution in [0.25, 0.3) is 10.9 Å². The monoisotopic (exact) mass is 591 g/mol. The number of hydrazone groups is 2. The third-order valence-electron chi connectivity index (χ3n) is 7.80. The van der Waals surface area contributed by atoms with Gasteiger partial charge < -0.3 is 9.47 Å². The van der Waals surface area contributed by atoms with E-state index in [1.165, 1.54) is 17.1 Å². The summed E-state index contributed by atoms with van der Waals surface area (Å²) in [6, 6.07) is 10.6. The average molecular weight is 592 g/mol. The zero-order chi connectivity index (χ0) is 30.7. The Balaban J connectivity index is 1.24. The maximum absolute atomic E-state index is 14.8. The molecule has 0 fully saturated rings. The summed E-state index contributed by atoms with van der Waals surface area (Å²) in [5.41, 5.74) is 6.04. The van der Waals surface area contributed by atoms with Crippen LogP contribution in [0.4, 0.5) is 8.78 Å². The lowest BCUT2D eigenvalue weighted by Gasteiger charge is -2.28. The van der Waals surface area contributed by atoms with E-state index in [2.05, 4.69) is 10.5 Å². The lowest BCUT2D eigenvalue weighted by molar-refractivity contribution is -0.132. The lowest BCUT2D eigenvalue weighted by Crippen LogP contribution is -2.37. The van der Waals surface area contributed by atoms with Gasteiger partial charge in [0.25, 0.3) is 0 Å². The van der Waals surface area contributed by atoms with Gasteiger partial charge in [0.15, 0.2) is 11.6 Å². The first kappa shape index (κ1) is 30.1. The highest BCUT2D eigenvalue weighted by Gasteiger charge is 2.29. The van der Waals surface area contributed by atoms with Crippen molar-refractivity contribution in [2.75, 3.05) is 20.3 Å². The molecule has 2 aliphatic heterocycles. The highest BCUT2D eigenvalue weighted by Crippen LogP contribution is 2.32. The fraction of sp³-hybridized carbons (Fsp3) is 0.406. The molecule has 2 aromatic carbocycles. The number of methoxy groups -OCH3 is 1. The van der Waals surface area contributed by atoms with Gasteiger partial charge in [-0.15, -0.1) is 0 Å². The topological polar surface area (TPSA) is 105 Å². The molecule has 2 unspecified atom stereocenters. The van der Waals surface area contributed by atoms with Gasteiger partial charge in [0.1, 0.15) is 11.3 Å². The molecule has 5 rings (SSSR count). The van der Waals surface area contributed by atoms with Crippen molar-refractivity contribution in [3.05, 3.63) is 64.9 Å². The van der Waals surface area contributed by atoms with E-state index in [0.29, 0.717) is 31.6 Å². The van der Waals surface area contributed by atoms with Crippen LogP contribution in [0, 0.1) is 23.5 Å². The van der Waals surface area contributed by atoms with E-state index < -0.39 is 11.6 Å². The van der Waals surface area contributed by atoms with Crippen LogP contribution in [-0.2, 0) is 16.0 Å². The van der Waals surface area contributed by atoms with Crippen molar-refractivity contribution in [3.8, 4) is 11.5 Å². The van der Waals surface area contributed by atoms with Crippen LogP contribution in [0.5, 0.6) is 11.5 Å². The second kappa shape index (κ2) is 12.8. The van der Waals surface area contributed by atoms with Crippen molar-refractivity contribution in [3.63, 3.8) is 0 Å². The first-order chi connectivity index (χ1) is 20.7. The number of aromatic nitrogens is 1. The van der Waals surface area contributed by atoms with E-state index in [1.807, 2.05) is 38.1 Å². The number of nitrogens with zero attached hydrogens (tertiary/aromatic N) is 4. The Labute approximate surface area is 249 Å². The van der Waals surface area contributed by atoms with Gasteiger partial charge in [-0.1, -0.05) is 26.8 Å². The maximum Gasteiger partial charge on any atom is 0.243 e. The van der Waals surface area contributed by atoms with Crippen LogP contribution in [0.1, 0.15) is 63.3 Å². The number of pyridine rings is 1. The molecule has 0 radical (unpaired) electrons. The number of benzene rings is 2. The fourth-order valence-electron chi connectivity index (χ4n) is 5.43. The van der Waals surface area contributed by atoms with Crippen LogP contribution in [0.15, 0.2) is 46.6 Å². The normalized spacial score (nSPS) is 18.8. The van der Waals surface area contributed by atoms with Crippen LogP contribution in [-0.4, -0.2) is 53.5 Å². The molecule has 3 heterocycles. The summed E-state index contributed by atoms with van der Waals surface area (Å²) in [5, 5.41) is 11.1. The minimum Gasteiger partial charge on any atom is -0.494 e. The maximum atomic E-state index is 14.8. The minimum atomic E-state index is -1.11. The van der Waals surface area contributed by atoms with E-state index in [1.54, 1.807) is 14.0 Å². The Morgan fingerprint density at radius 3 is 2.42 bits per heavy atom. The average Bonchev–Trinajstić information content (AvgIpc) is 2.99. The summed E-state index contributed by atoms with van der Waals surface area (Å²) in [7, 11) is 1.62. The second-order valence-corrected chi connectivity index (χ2v) is 10.9. The van der Waals surface area contributed by atoms with E-state index in [4.69, 9.17) is 19.6 Å². The van der Waals surface area contributed by atoms with Crippen molar-refractivity contribution < 1.29 is 27.8 Å². The molecule has 0 spiro atoms. The molecule has 1 N–H and O–H groups in total. The highest BCUT2D eigenvalue weighted by atomic mass is 19.2. The zero-order valence-corrected chi connectivity index (χ0v) is 24.7. The van der Waals surface area contributed by atoms with E-state index in [0.717, 1.165) is 34.3 Å². The number of halogens is 2. The summed E-state index contributed by atoms with van der Waals surface area (Å²) >= 11 is 0. The Hall–Kier alpha value is -4.41. The third-order valence-corrected chi connectivity index (χ3v) is 7.80. The molecular formula is C32H35F2N5O4. The summed E-state index contributed by atoms with van der Waals surface area (Å²) in [6.45, 7) is 6.27. The molecule has 0 saturated carbocycles. The first-order valence-electron chi connectivity index (χ1n) is 14.5. The molecule has 1 aromatic heterocycles. The summed E-state index contributed by atoms with van der Waals surface area (Å²) in [4.78, 5) is 29.1. The Kier molecular flexibility index (Phi) is 8.98. The second-order valence-electron chi connectivity index (χ2n) is 10.9. The van der Waals surface area contributed by atoms with Crippen molar-refractivity contribution in [1.29, 1.82) is 0 Å². The number of unbranched alkanes of at least 4 members (excludes halogenated alkanes) is 1. The number of carbonyl (C=O) groups excluding carboxylic acids is 2. The number of amides is 2. The van der Waals surface area contributed by atoms with E-state index >= 15 is 0 Å². The Morgan fingerprint density at radius 1 is 0.930 bits per heavy atom. The molecular weight excluding hydrogens is 556 g/mol. The molecule has 3 aromatic rings. The first-order valence-corrected chi connectivity index (χ1v) is 14.5. The Bertz CT molecular complexity index is 1620. The number of rotatable bonds is 10. The van der Waals surface area contributed by atoms with Crippen LogP contribution in [0.3, 0.4) is 0 Å². The summed E-state index contributed by atoms with van der Waals surface area (Å²) in [5.74, 6) is -2.45. The lowest BCUT2D eigenvalue weighted by atomic mass is 9.91.